The number of aromatic hydroxyl groups is 1. The lowest BCUT2D eigenvalue weighted by Gasteiger charge is -2.26. The minimum Gasteiger partial charge on any atom is -0.507 e. The standard InChI is InChI=1S/C26H32N2O5/c1-16(2)17-7-9-18(10-8-17)23-22(24(30)20-12-11-19(33-5)15-21(20)29)25(31)26(32)28(23)14-6-13-27(3)4/h7-12,15-16,23,29-30H,6,13-14H2,1-5H3/t23-/m0/s1. The van der Waals surface area contributed by atoms with Crippen molar-refractivity contribution in [1.29, 1.82) is 0 Å². The normalized spacial score (nSPS) is 17.9. The fraction of sp³-hybridized carbons (Fsp3) is 0.385. The second-order valence-electron chi connectivity index (χ2n) is 8.85. The van der Waals surface area contributed by atoms with Gasteiger partial charge in [-0.05, 0) is 56.2 Å². The number of phenols is 1. The van der Waals surface area contributed by atoms with E-state index in [0.717, 1.165) is 17.7 Å². The molecule has 1 aliphatic rings. The number of benzene rings is 2. The van der Waals surface area contributed by atoms with Crippen molar-refractivity contribution in [3.8, 4) is 11.5 Å². The van der Waals surface area contributed by atoms with Gasteiger partial charge in [0, 0.05) is 12.6 Å². The number of aliphatic hydroxyl groups excluding tert-OH is 1. The van der Waals surface area contributed by atoms with E-state index in [1.807, 2.05) is 43.3 Å². The van der Waals surface area contributed by atoms with E-state index >= 15 is 0 Å². The van der Waals surface area contributed by atoms with Crippen molar-refractivity contribution in [2.45, 2.75) is 32.2 Å². The predicted octanol–water partition coefficient (Wildman–Crippen LogP) is 3.90. The number of hydrogen-bond acceptors (Lipinski definition) is 6. The second-order valence-corrected chi connectivity index (χ2v) is 8.85. The molecule has 0 radical (unpaired) electrons. The van der Waals surface area contributed by atoms with Crippen LogP contribution in [0.15, 0.2) is 48.0 Å². The van der Waals surface area contributed by atoms with Crippen molar-refractivity contribution in [1.82, 2.24) is 9.80 Å². The first-order valence-electron chi connectivity index (χ1n) is 11.1. The second kappa shape index (κ2) is 10.1. The molecule has 1 heterocycles. The fourth-order valence-electron chi connectivity index (χ4n) is 4.06. The third-order valence-electron chi connectivity index (χ3n) is 5.92. The Morgan fingerprint density at radius 1 is 1.12 bits per heavy atom. The summed E-state index contributed by atoms with van der Waals surface area (Å²) >= 11 is 0. The molecule has 176 valence electrons. The van der Waals surface area contributed by atoms with Gasteiger partial charge in [0.2, 0.25) is 0 Å². The zero-order valence-corrected chi connectivity index (χ0v) is 19.8. The van der Waals surface area contributed by atoms with E-state index in [1.165, 1.54) is 24.1 Å². The molecule has 1 atom stereocenters. The maximum Gasteiger partial charge on any atom is 0.295 e. The summed E-state index contributed by atoms with van der Waals surface area (Å²) in [5, 5.41) is 21.6. The molecule has 0 unspecified atom stereocenters. The summed E-state index contributed by atoms with van der Waals surface area (Å²) in [6, 6.07) is 11.4. The van der Waals surface area contributed by atoms with Crippen LogP contribution in [0.1, 0.15) is 48.9 Å². The first-order valence-corrected chi connectivity index (χ1v) is 11.1. The molecular formula is C26H32N2O5. The number of carbonyl (C=O) groups excluding carboxylic acids is 2. The molecule has 2 N–H and O–H groups in total. The number of ether oxygens (including phenoxy) is 1. The van der Waals surface area contributed by atoms with Gasteiger partial charge in [0.25, 0.3) is 11.7 Å². The highest BCUT2D eigenvalue weighted by Gasteiger charge is 2.46. The fourth-order valence-corrected chi connectivity index (χ4v) is 4.06. The van der Waals surface area contributed by atoms with Gasteiger partial charge in [-0.3, -0.25) is 9.59 Å². The molecule has 0 bridgehead atoms. The van der Waals surface area contributed by atoms with Crippen molar-refractivity contribution < 1.29 is 24.5 Å². The van der Waals surface area contributed by atoms with Crippen LogP contribution in [-0.4, -0.2) is 66.0 Å². The van der Waals surface area contributed by atoms with Crippen molar-refractivity contribution in [2.24, 2.45) is 0 Å². The number of carbonyl (C=O) groups is 2. The van der Waals surface area contributed by atoms with Gasteiger partial charge in [-0.25, -0.2) is 0 Å². The number of likely N-dealkylation sites (tertiary alicyclic amines) is 1. The predicted molar refractivity (Wildman–Crippen MR) is 127 cm³/mol. The summed E-state index contributed by atoms with van der Waals surface area (Å²) in [5.41, 5.74) is 1.92. The summed E-state index contributed by atoms with van der Waals surface area (Å²) in [7, 11) is 5.36. The number of hydrogen-bond donors (Lipinski definition) is 2. The number of nitrogens with zero attached hydrogens (tertiary/aromatic N) is 2. The van der Waals surface area contributed by atoms with Crippen LogP contribution in [0, 0.1) is 0 Å². The Morgan fingerprint density at radius 2 is 1.79 bits per heavy atom. The van der Waals surface area contributed by atoms with Crippen LogP contribution in [0.5, 0.6) is 11.5 Å². The number of ketones is 1. The third-order valence-corrected chi connectivity index (χ3v) is 5.92. The molecule has 7 nitrogen and oxygen atoms in total. The van der Waals surface area contributed by atoms with Gasteiger partial charge >= 0.3 is 0 Å². The molecule has 1 aliphatic heterocycles. The number of aliphatic hydroxyl groups is 1. The van der Waals surface area contributed by atoms with E-state index in [0.29, 0.717) is 24.6 Å². The van der Waals surface area contributed by atoms with Gasteiger partial charge in [0.1, 0.15) is 17.3 Å². The Morgan fingerprint density at radius 3 is 2.33 bits per heavy atom. The van der Waals surface area contributed by atoms with Gasteiger partial charge in [-0.15, -0.1) is 0 Å². The van der Waals surface area contributed by atoms with Gasteiger partial charge in [0.15, 0.2) is 0 Å². The van der Waals surface area contributed by atoms with Gasteiger partial charge in [-0.1, -0.05) is 38.1 Å². The zero-order chi connectivity index (χ0) is 24.3. The summed E-state index contributed by atoms with van der Waals surface area (Å²) in [6.45, 7) is 5.30. The minimum absolute atomic E-state index is 0.0254. The summed E-state index contributed by atoms with van der Waals surface area (Å²) in [5.74, 6) is -1.30. The number of rotatable bonds is 8. The smallest absolute Gasteiger partial charge is 0.295 e. The molecule has 7 heteroatoms. The van der Waals surface area contributed by atoms with E-state index in [2.05, 4.69) is 13.8 Å². The molecule has 0 spiro atoms. The maximum absolute atomic E-state index is 13.1. The topological polar surface area (TPSA) is 90.3 Å². The highest BCUT2D eigenvalue weighted by molar-refractivity contribution is 6.46. The van der Waals surface area contributed by atoms with E-state index in [-0.39, 0.29) is 16.9 Å². The van der Waals surface area contributed by atoms with Gasteiger partial charge in [-0.2, -0.15) is 0 Å². The van der Waals surface area contributed by atoms with Crippen molar-refractivity contribution in [3.05, 3.63) is 64.7 Å². The largest absolute Gasteiger partial charge is 0.507 e. The molecule has 2 aromatic carbocycles. The maximum atomic E-state index is 13.1. The highest BCUT2D eigenvalue weighted by atomic mass is 16.5. The molecule has 33 heavy (non-hydrogen) atoms. The number of phenolic OH excluding ortho intramolecular Hbond substituents is 1. The Labute approximate surface area is 194 Å². The van der Waals surface area contributed by atoms with Crippen LogP contribution < -0.4 is 4.74 Å². The van der Waals surface area contributed by atoms with Gasteiger partial charge in [0.05, 0.1) is 24.3 Å². The summed E-state index contributed by atoms with van der Waals surface area (Å²) < 4.78 is 5.10. The van der Waals surface area contributed by atoms with Crippen molar-refractivity contribution in [2.75, 3.05) is 34.3 Å². The van der Waals surface area contributed by atoms with Crippen LogP contribution in [0.25, 0.3) is 5.76 Å². The number of amides is 1. The quantitative estimate of drug-likeness (QED) is 0.359. The van der Waals surface area contributed by atoms with Crippen molar-refractivity contribution in [3.63, 3.8) is 0 Å². The third kappa shape index (κ3) is 5.03. The van der Waals surface area contributed by atoms with Crippen LogP contribution in [-0.2, 0) is 9.59 Å². The molecular weight excluding hydrogens is 420 g/mol. The van der Waals surface area contributed by atoms with Gasteiger partial charge < -0.3 is 24.7 Å². The Kier molecular flexibility index (Phi) is 7.43. The molecule has 0 aliphatic carbocycles. The van der Waals surface area contributed by atoms with Crippen LogP contribution in [0.4, 0.5) is 0 Å². The zero-order valence-electron chi connectivity index (χ0n) is 19.8. The molecule has 0 saturated carbocycles. The SMILES string of the molecule is COc1ccc(C(O)=C2C(=O)C(=O)N(CCCN(C)C)[C@H]2c2ccc(C(C)C)cc2)c(O)c1. The summed E-state index contributed by atoms with van der Waals surface area (Å²) in [4.78, 5) is 29.6. The summed E-state index contributed by atoms with van der Waals surface area (Å²) in [6.07, 6.45) is 0.675. The van der Waals surface area contributed by atoms with E-state index in [1.54, 1.807) is 6.07 Å². The molecule has 0 aromatic heterocycles. The van der Waals surface area contributed by atoms with Crippen LogP contribution in [0.3, 0.4) is 0 Å². The number of Topliss-reactive ketones (excluding diaryl/α,β-unsaturated/α-hetero) is 1. The Hall–Kier alpha value is -3.32. The minimum atomic E-state index is -0.759. The Bertz CT molecular complexity index is 1060. The van der Waals surface area contributed by atoms with E-state index in [9.17, 15) is 19.8 Å². The van der Waals surface area contributed by atoms with Crippen molar-refractivity contribution >= 4 is 17.4 Å². The molecule has 2 aromatic rings. The first-order chi connectivity index (χ1) is 15.6. The lowest BCUT2D eigenvalue weighted by molar-refractivity contribution is -0.139. The average molecular weight is 453 g/mol. The van der Waals surface area contributed by atoms with Crippen LogP contribution in [0.2, 0.25) is 0 Å². The van der Waals surface area contributed by atoms with Crippen LogP contribution >= 0.6 is 0 Å². The monoisotopic (exact) mass is 452 g/mol. The molecule has 3 rings (SSSR count). The van der Waals surface area contributed by atoms with E-state index < -0.39 is 23.5 Å². The highest BCUT2D eigenvalue weighted by Crippen LogP contribution is 2.41. The molecule has 1 amide bonds. The average Bonchev–Trinajstić information content (AvgIpc) is 3.03. The first kappa shape index (κ1) is 24.3. The number of methoxy groups -OCH3 is 1. The Balaban J connectivity index is 2.12. The molecule has 1 saturated heterocycles. The lowest BCUT2D eigenvalue weighted by atomic mass is 9.93. The molecule has 1 fully saturated rings. The van der Waals surface area contributed by atoms with E-state index in [4.69, 9.17) is 4.74 Å². The lowest BCUT2D eigenvalue weighted by Crippen LogP contribution is -2.32.